The fourth-order valence-electron chi connectivity index (χ4n) is 0.522. The quantitative estimate of drug-likeness (QED) is 0.447. The van der Waals surface area contributed by atoms with Crippen molar-refractivity contribution in [2.75, 3.05) is 11.2 Å². The zero-order valence-electron chi connectivity index (χ0n) is 5.39. The zero-order valence-corrected chi connectivity index (χ0v) is 5.39. The number of nitrogens with one attached hydrogen (secondary N) is 1. The van der Waals surface area contributed by atoms with Crippen molar-refractivity contribution < 1.29 is 5.03 Å². The summed E-state index contributed by atoms with van der Waals surface area (Å²) in [6.07, 6.45) is 2.41. The van der Waals surface area contributed by atoms with Crippen molar-refractivity contribution in [3.8, 4) is 0 Å². The van der Waals surface area contributed by atoms with Crippen LogP contribution in [0.25, 0.3) is 0 Å². The van der Waals surface area contributed by atoms with Crippen LogP contribution in [0, 0.1) is 10.1 Å². The summed E-state index contributed by atoms with van der Waals surface area (Å²) in [5.74, 6) is 0. The van der Waals surface area contributed by atoms with E-state index in [1.807, 2.05) is 5.43 Å². The van der Waals surface area contributed by atoms with Crippen LogP contribution in [-0.4, -0.2) is 15.2 Å². The highest BCUT2D eigenvalue weighted by molar-refractivity contribution is 5.61. The van der Waals surface area contributed by atoms with Gasteiger partial charge in [0.25, 0.3) is 0 Å². The molecule has 0 fully saturated rings. The molecule has 11 heavy (non-hydrogen) atoms. The number of nitrogens with two attached hydrogens (primary N) is 1. The minimum Gasteiger partial charge on any atom is -0.396 e. The lowest BCUT2D eigenvalue weighted by atomic mass is 10.4. The molecule has 0 aromatic carbocycles. The van der Waals surface area contributed by atoms with Crippen molar-refractivity contribution in [2.24, 2.45) is 0 Å². The number of hydrogen-bond acceptors (Lipinski definition) is 5. The van der Waals surface area contributed by atoms with E-state index in [1.54, 1.807) is 0 Å². The third-order valence-electron chi connectivity index (χ3n) is 0.973. The Morgan fingerprint density at radius 2 is 2.18 bits per heavy atom. The maximum atomic E-state index is 9.91. The Bertz CT molecular complexity index is 275. The molecule has 0 aliphatic heterocycles. The highest BCUT2D eigenvalue weighted by Crippen LogP contribution is 2.12. The Kier molecular flexibility index (Phi) is 1.81. The van der Waals surface area contributed by atoms with Gasteiger partial charge in [-0.3, -0.25) is 0 Å². The smallest absolute Gasteiger partial charge is 0.162 e. The normalized spacial score (nSPS) is 9.09. The van der Waals surface area contributed by atoms with Crippen LogP contribution in [0.3, 0.4) is 0 Å². The van der Waals surface area contributed by atoms with Crippen LogP contribution in [0.1, 0.15) is 0 Å². The Morgan fingerprint density at radius 3 is 2.73 bits per heavy atom. The van der Waals surface area contributed by atoms with E-state index in [9.17, 15) is 10.1 Å². The summed E-state index contributed by atoms with van der Waals surface area (Å²) in [5, 5.41) is 16.0. The fraction of sp³-hybridized carbons (Fsp3) is 0. The summed E-state index contributed by atoms with van der Waals surface area (Å²) >= 11 is 0. The lowest BCUT2D eigenvalue weighted by molar-refractivity contribution is -0.445. The molecule has 1 rings (SSSR count). The van der Waals surface area contributed by atoms with E-state index >= 15 is 0 Å². The maximum Gasteiger partial charge on any atom is 0.162 e. The van der Waals surface area contributed by atoms with E-state index in [1.165, 1.54) is 12.4 Å². The highest BCUT2D eigenvalue weighted by atomic mass is 16.7. The van der Waals surface area contributed by atoms with Gasteiger partial charge in [-0.15, -0.1) is 5.43 Å². The second kappa shape index (κ2) is 2.78. The molecule has 0 atom stereocenters. The number of anilines is 2. The van der Waals surface area contributed by atoms with Gasteiger partial charge in [0.2, 0.25) is 0 Å². The first-order valence-corrected chi connectivity index (χ1v) is 2.67. The first-order chi connectivity index (χ1) is 5.20. The molecular weight excluding hydrogens is 150 g/mol. The Labute approximate surface area is 61.4 Å². The molecule has 0 amide bonds. The number of nitrogens with zero attached hydrogens (tertiary/aromatic N) is 3. The van der Waals surface area contributed by atoms with Gasteiger partial charge in [0.1, 0.15) is 5.69 Å². The molecule has 1 aromatic rings. The molecule has 1 heterocycles. The van der Waals surface area contributed by atoms with Crippen LogP contribution in [0.15, 0.2) is 12.4 Å². The monoisotopic (exact) mass is 155 g/mol. The molecule has 0 saturated carbocycles. The molecule has 0 aliphatic rings. The second-order valence-electron chi connectivity index (χ2n) is 1.73. The second-order valence-corrected chi connectivity index (χ2v) is 1.73. The van der Waals surface area contributed by atoms with Gasteiger partial charge in [-0.1, -0.05) is 0 Å². The predicted octanol–water partition coefficient (Wildman–Crippen LogP) is -0.338. The first-order valence-electron chi connectivity index (χ1n) is 2.67. The summed E-state index contributed by atoms with van der Waals surface area (Å²) in [6.45, 7) is 0. The van der Waals surface area contributed by atoms with Gasteiger partial charge in [0.05, 0.1) is 18.1 Å². The third kappa shape index (κ3) is 1.75. The fourth-order valence-corrected chi connectivity index (χ4v) is 0.522. The molecule has 0 saturated heterocycles. The summed E-state index contributed by atoms with van der Waals surface area (Å²) in [4.78, 5) is 9.91. The zero-order chi connectivity index (χ0) is 8.27. The predicted molar refractivity (Wildman–Crippen MR) is 37.1 cm³/mol. The summed E-state index contributed by atoms with van der Waals surface area (Å²) in [7, 11) is 0. The van der Waals surface area contributed by atoms with E-state index in [2.05, 4.69) is 10.2 Å². The molecule has 58 valence electrons. The minimum atomic E-state index is -0.715. The largest absolute Gasteiger partial charge is 0.396 e. The Hall–Kier alpha value is -1.92. The average Bonchev–Trinajstić information content (AvgIpc) is 1.93. The van der Waals surface area contributed by atoms with Crippen LogP contribution < -0.4 is 11.2 Å². The van der Waals surface area contributed by atoms with Crippen molar-refractivity contribution in [3.05, 3.63) is 22.5 Å². The summed E-state index contributed by atoms with van der Waals surface area (Å²) in [5.41, 5.74) is 7.50. The van der Waals surface area contributed by atoms with Crippen molar-refractivity contribution in [3.63, 3.8) is 0 Å². The highest BCUT2D eigenvalue weighted by Gasteiger charge is 2.02. The number of hydrazine groups is 1. The number of aromatic nitrogens is 2. The molecule has 3 N–H and O–H groups in total. The van der Waals surface area contributed by atoms with Gasteiger partial charge in [0.15, 0.2) is 5.03 Å². The van der Waals surface area contributed by atoms with Crippen molar-refractivity contribution in [1.29, 1.82) is 0 Å². The third-order valence-corrected chi connectivity index (χ3v) is 0.973. The van der Waals surface area contributed by atoms with E-state index in [0.717, 1.165) is 0 Å². The molecule has 7 nitrogen and oxygen atoms in total. The van der Waals surface area contributed by atoms with Gasteiger partial charge in [0, 0.05) is 0 Å². The summed E-state index contributed by atoms with van der Waals surface area (Å²) in [6, 6.07) is 0. The average molecular weight is 155 g/mol. The van der Waals surface area contributed by atoms with E-state index in [0.29, 0.717) is 0 Å². The molecule has 0 aliphatic carbocycles. The molecule has 0 unspecified atom stereocenters. The molecule has 0 radical (unpaired) electrons. The van der Waals surface area contributed by atoms with Crippen LogP contribution in [0.4, 0.5) is 11.4 Å². The van der Waals surface area contributed by atoms with Crippen molar-refractivity contribution in [1.82, 2.24) is 10.2 Å². The first kappa shape index (κ1) is 7.19. The van der Waals surface area contributed by atoms with Gasteiger partial charge in [-0.2, -0.15) is 10.2 Å². The van der Waals surface area contributed by atoms with E-state index < -0.39 is 5.03 Å². The van der Waals surface area contributed by atoms with Crippen LogP contribution >= 0.6 is 0 Å². The van der Waals surface area contributed by atoms with Crippen LogP contribution in [0.5, 0.6) is 0 Å². The molecule has 0 bridgehead atoms. The van der Waals surface area contributed by atoms with Crippen molar-refractivity contribution >= 4 is 11.4 Å². The molecular formula is C4H5N5O2. The molecule has 7 heteroatoms. The summed E-state index contributed by atoms with van der Waals surface area (Å²) < 4.78 is 0. The SMILES string of the molecule is Nc1cnncc1N[N+](=O)[O-]. The maximum absolute atomic E-state index is 9.91. The van der Waals surface area contributed by atoms with Crippen LogP contribution in [0.2, 0.25) is 0 Å². The van der Waals surface area contributed by atoms with E-state index in [4.69, 9.17) is 5.73 Å². The number of nitro groups is 1. The van der Waals surface area contributed by atoms with E-state index in [-0.39, 0.29) is 11.4 Å². The lowest BCUT2D eigenvalue weighted by Crippen LogP contribution is -2.10. The number of rotatable bonds is 2. The van der Waals surface area contributed by atoms with Gasteiger partial charge in [-0.25, -0.2) is 10.1 Å². The Balaban J connectivity index is 2.86. The van der Waals surface area contributed by atoms with Gasteiger partial charge >= 0.3 is 0 Å². The Morgan fingerprint density at radius 1 is 1.55 bits per heavy atom. The minimum absolute atomic E-state index is 0.144. The molecule has 0 spiro atoms. The topological polar surface area (TPSA) is 107 Å². The lowest BCUT2D eigenvalue weighted by Gasteiger charge is -1.97. The van der Waals surface area contributed by atoms with Gasteiger partial charge < -0.3 is 5.73 Å². The van der Waals surface area contributed by atoms with Crippen molar-refractivity contribution in [2.45, 2.75) is 0 Å². The number of hydrogen-bond donors (Lipinski definition) is 2. The number of nitrogen functional groups attached to an aromatic ring is 1. The standard InChI is InChI=1S/C4H5N5O2/c5-3-1-6-7-2-4(3)8-9(10)11/h1-2H,(H2,5,7)(H,6,8). The molecule has 1 aromatic heterocycles. The van der Waals surface area contributed by atoms with Gasteiger partial charge in [-0.05, 0) is 0 Å². The van der Waals surface area contributed by atoms with Crippen LogP contribution in [-0.2, 0) is 0 Å².